The van der Waals surface area contributed by atoms with Crippen LogP contribution < -0.4 is 9.47 Å². The second kappa shape index (κ2) is 9.13. The van der Waals surface area contributed by atoms with E-state index in [4.69, 9.17) is 48.4 Å². The van der Waals surface area contributed by atoms with Crippen LogP contribution in [0.3, 0.4) is 0 Å². The van der Waals surface area contributed by atoms with Gasteiger partial charge in [0.2, 0.25) is 5.89 Å². The fourth-order valence-electron chi connectivity index (χ4n) is 2.60. The summed E-state index contributed by atoms with van der Waals surface area (Å²) < 4.78 is 45.7. The van der Waals surface area contributed by atoms with Crippen LogP contribution in [0.25, 0.3) is 23.1 Å². The molecule has 4 rings (SSSR count). The van der Waals surface area contributed by atoms with E-state index in [-0.39, 0.29) is 39.9 Å². The summed E-state index contributed by atoms with van der Waals surface area (Å²) in [5.74, 6) is 1.41. The number of furan rings is 1. The van der Waals surface area contributed by atoms with Crippen LogP contribution in [-0.2, 0) is 6.61 Å². The molecule has 0 amide bonds. The summed E-state index contributed by atoms with van der Waals surface area (Å²) in [5, 5.41) is 8.83. The molecule has 0 aliphatic rings. The summed E-state index contributed by atoms with van der Waals surface area (Å²) in [4.78, 5) is 0. The van der Waals surface area contributed by atoms with E-state index in [9.17, 15) is 8.78 Å². The van der Waals surface area contributed by atoms with Crippen LogP contribution in [0.15, 0.2) is 57.4 Å². The van der Waals surface area contributed by atoms with Gasteiger partial charge in [0.25, 0.3) is 5.89 Å². The summed E-state index contributed by atoms with van der Waals surface area (Å²) in [6, 6.07) is 12.1. The molecule has 0 bridgehead atoms. The zero-order chi connectivity index (χ0) is 22.0. The lowest BCUT2D eigenvalue weighted by Gasteiger charge is -2.08. The van der Waals surface area contributed by atoms with Gasteiger partial charge in [0.15, 0.2) is 11.5 Å². The molecule has 6 nitrogen and oxygen atoms in total. The maximum absolute atomic E-state index is 12.2. The summed E-state index contributed by atoms with van der Waals surface area (Å²) in [6.07, 6.45) is 0. The van der Waals surface area contributed by atoms with Crippen molar-refractivity contribution in [3.8, 4) is 34.6 Å². The van der Waals surface area contributed by atoms with Crippen LogP contribution in [0.5, 0.6) is 11.5 Å². The maximum Gasteiger partial charge on any atom is 0.387 e. The van der Waals surface area contributed by atoms with Gasteiger partial charge in [-0.05, 0) is 48.5 Å². The number of hydrogen-bond acceptors (Lipinski definition) is 6. The van der Waals surface area contributed by atoms with Gasteiger partial charge in [0.05, 0.1) is 10.0 Å². The number of hydrogen-bond donors (Lipinski definition) is 0. The van der Waals surface area contributed by atoms with E-state index in [2.05, 4.69) is 14.9 Å². The first-order valence-electron chi connectivity index (χ1n) is 8.64. The average Bonchev–Trinajstić information content (AvgIpc) is 3.37. The third kappa shape index (κ3) is 5.10. The van der Waals surface area contributed by atoms with Crippen molar-refractivity contribution in [1.82, 2.24) is 10.2 Å². The molecule has 0 N–H and O–H groups in total. The van der Waals surface area contributed by atoms with Crippen molar-refractivity contribution in [1.29, 1.82) is 0 Å². The van der Waals surface area contributed by atoms with Crippen molar-refractivity contribution >= 4 is 34.8 Å². The summed E-state index contributed by atoms with van der Waals surface area (Å²) >= 11 is 18.1. The molecule has 0 unspecified atom stereocenters. The molecule has 4 aromatic rings. The van der Waals surface area contributed by atoms with Gasteiger partial charge in [0.1, 0.15) is 18.1 Å². The second-order valence-corrected chi connectivity index (χ2v) is 7.32. The first kappa shape index (κ1) is 21.4. The van der Waals surface area contributed by atoms with Crippen LogP contribution in [0.4, 0.5) is 8.78 Å². The van der Waals surface area contributed by atoms with Crippen molar-refractivity contribution in [2.45, 2.75) is 13.2 Å². The molecule has 0 atom stereocenters. The number of aromatic nitrogens is 2. The standard InChI is InChI=1S/C20H11Cl3F2N2O4/c21-11-7-14(22)17(15(23)8-11)28-9-13-5-6-16(29-13)19-27-26-18(31-19)10-1-3-12(4-2-10)30-20(24)25/h1-8,20H,9H2. The van der Waals surface area contributed by atoms with Crippen LogP contribution >= 0.6 is 34.8 Å². The van der Waals surface area contributed by atoms with E-state index in [1.165, 1.54) is 36.4 Å². The lowest BCUT2D eigenvalue weighted by molar-refractivity contribution is -0.0498. The molecule has 11 heteroatoms. The van der Waals surface area contributed by atoms with E-state index in [0.29, 0.717) is 22.1 Å². The monoisotopic (exact) mass is 486 g/mol. The summed E-state index contributed by atoms with van der Waals surface area (Å²) in [6.45, 7) is -2.85. The molecule has 2 heterocycles. The van der Waals surface area contributed by atoms with Gasteiger partial charge < -0.3 is 18.3 Å². The Hall–Kier alpha value is -2.81. The number of ether oxygens (including phenoxy) is 2. The highest BCUT2D eigenvalue weighted by Gasteiger charge is 2.16. The summed E-state index contributed by atoms with van der Waals surface area (Å²) in [5.41, 5.74) is 0.530. The maximum atomic E-state index is 12.2. The van der Waals surface area contributed by atoms with E-state index in [0.717, 1.165) is 0 Å². The first-order chi connectivity index (χ1) is 14.9. The molecule has 0 fully saturated rings. The largest absolute Gasteiger partial charge is 0.483 e. The zero-order valence-corrected chi connectivity index (χ0v) is 17.6. The van der Waals surface area contributed by atoms with Crippen LogP contribution in [-0.4, -0.2) is 16.8 Å². The van der Waals surface area contributed by atoms with Gasteiger partial charge in [-0.15, -0.1) is 10.2 Å². The molecular formula is C20H11Cl3F2N2O4. The van der Waals surface area contributed by atoms with Crippen molar-refractivity contribution in [2.24, 2.45) is 0 Å². The van der Waals surface area contributed by atoms with Crippen molar-refractivity contribution in [2.75, 3.05) is 0 Å². The highest BCUT2D eigenvalue weighted by atomic mass is 35.5. The fourth-order valence-corrected chi connectivity index (χ4v) is 3.53. The fraction of sp³-hybridized carbons (Fsp3) is 0.100. The van der Waals surface area contributed by atoms with E-state index >= 15 is 0 Å². The number of benzene rings is 2. The van der Waals surface area contributed by atoms with Gasteiger partial charge in [-0.1, -0.05) is 34.8 Å². The number of rotatable bonds is 7. The van der Waals surface area contributed by atoms with Gasteiger partial charge in [0, 0.05) is 10.6 Å². The van der Waals surface area contributed by atoms with Gasteiger partial charge >= 0.3 is 6.61 Å². The van der Waals surface area contributed by atoms with Crippen molar-refractivity contribution < 1.29 is 27.1 Å². The lowest BCUT2D eigenvalue weighted by Crippen LogP contribution is -2.01. The molecule has 2 aromatic heterocycles. The summed E-state index contributed by atoms with van der Waals surface area (Å²) in [7, 11) is 0. The Morgan fingerprint density at radius 1 is 0.871 bits per heavy atom. The van der Waals surface area contributed by atoms with Gasteiger partial charge in [-0.25, -0.2) is 0 Å². The second-order valence-electron chi connectivity index (χ2n) is 6.07. The predicted octanol–water partition coefficient (Wildman–Crippen LogP) is 7.14. The van der Waals surface area contributed by atoms with E-state index < -0.39 is 6.61 Å². The van der Waals surface area contributed by atoms with Crippen LogP contribution in [0, 0.1) is 0 Å². The highest BCUT2D eigenvalue weighted by Crippen LogP contribution is 2.36. The van der Waals surface area contributed by atoms with Crippen LogP contribution in [0.2, 0.25) is 15.1 Å². The molecular weight excluding hydrogens is 477 g/mol. The van der Waals surface area contributed by atoms with Crippen molar-refractivity contribution in [3.63, 3.8) is 0 Å². The molecule has 0 radical (unpaired) electrons. The Kier molecular flexibility index (Phi) is 6.31. The Morgan fingerprint density at radius 3 is 2.23 bits per heavy atom. The molecule has 0 aliphatic heterocycles. The minimum absolute atomic E-state index is 0.0232. The Labute approximate surface area is 189 Å². The highest BCUT2D eigenvalue weighted by molar-refractivity contribution is 6.40. The molecule has 160 valence electrons. The Bertz CT molecular complexity index is 1170. The molecule has 0 saturated carbocycles. The minimum Gasteiger partial charge on any atom is -0.483 e. The van der Waals surface area contributed by atoms with E-state index in [1.807, 2.05) is 0 Å². The third-order valence-electron chi connectivity index (χ3n) is 3.95. The average molecular weight is 488 g/mol. The molecule has 0 saturated heterocycles. The predicted molar refractivity (Wildman–Crippen MR) is 110 cm³/mol. The molecule has 0 spiro atoms. The SMILES string of the molecule is FC(F)Oc1ccc(-c2nnc(-c3ccc(COc4c(Cl)cc(Cl)cc4Cl)o3)o2)cc1. The first-order valence-corrected chi connectivity index (χ1v) is 9.77. The van der Waals surface area contributed by atoms with E-state index in [1.54, 1.807) is 12.1 Å². The minimum atomic E-state index is -2.90. The Morgan fingerprint density at radius 2 is 1.55 bits per heavy atom. The molecule has 0 aliphatic carbocycles. The quantitative estimate of drug-likeness (QED) is 0.276. The Balaban J connectivity index is 1.45. The number of alkyl halides is 2. The topological polar surface area (TPSA) is 70.5 Å². The normalized spacial score (nSPS) is 11.2. The van der Waals surface area contributed by atoms with Gasteiger partial charge in [-0.2, -0.15) is 8.78 Å². The number of halogens is 5. The lowest BCUT2D eigenvalue weighted by atomic mass is 10.2. The van der Waals surface area contributed by atoms with Gasteiger partial charge in [-0.3, -0.25) is 0 Å². The smallest absolute Gasteiger partial charge is 0.387 e. The molecule has 31 heavy (non-hydrogen) atoms. The van der Waals surface area contributed by atoms with Crippen LogP contribution in [0.1, 0.15) is 5.76 Å². The molecule has 2 aromatic carbocycles. The third-order valence-corrected chi connectivity index (χ3v) is 4.73. The zero-order valence-electron chi connectivity index (χ0n) is 15.3. The van der Waals surface area contributed by atoms with Crippen molar-refractivity contribution in [3.05, 3.63) is 69.4 Å². The number of nitrogens with zero attached hydrogens (tertiary/aromatic N) is 2.